The number of anilines is 2. The number of carbonyl (C=O) groups excluding carboxylic acids is 1. The van der Waals surface area contributed by atoms with Crippen molar-refractivity contribution in [1.82, 2.24) is 0 Å². The first-order valence-electron chi connectivity index (χ1n) is 11.7. The molecule has 0 spiro atoms. The fourth-order valence-corrected chi connectivity index (χ4v) is 4.48. The zero-order valence-corrected chi connectivity index (χ0v) is 20.4. The molecule has 8 heteroatoms. The van der Waals surface area contributed by atoms with E-state index in [0.29, 0.717) is 29.0 Å². The number of benzene rings is 2. The molecule has 0 saturated heterocycles. The lowest BCUT2D eigenvalue weighted by molar-refractivity contribution is -0.139. The quantitative estimate of drug-likeness (QED) is 0.432. The summed E-state index contributed by atoms with van der Waals surface area (Å²) in [7, 11) is 0. The molecular weight excluding hydrogens is 459 g/mol. The molecule has 0 heterocycles. The van der Waals surface area contributed by atoms with Crippen molar-refractivity contribution in [3.8, 4) is 5.75 Å². The lowest BCUT2D eigenvalue weighted by atomic mass is 9.93. The van der Waals surface area contributed by atoms with Gasteiger partial charge in [-0.25, -0.2) is 9.18 Å². The predicted octanol–water partition coefficient (Wildman–Crippen LogP) is 5.92. The Morgan fingerprint density at radius 2 is 1.91 bits per heavy atom. The van der Waals surface area contributed by atoms with Crippen molar-refractivity contribution < 1.29 is 23.8 Å². The molecule has 1 amide bonds. The summed E-state index contributed by atoms with van der Waals surface area (Å²) in [5.74, 6) is -1.20. The van der Waals surface area contributed by atoms with Crippen LogP contribution in [0.25, 0.3) is 0 Å². The molecule has 0 radical (unpaired) electrons. The second-order valence-electron chi connectivity index (χ2n) is 9.17. The molecule has 1 aliphatic carbocycles. The molecule has 1 aliphatic rings. The van der Waals surface area contributed by atoms with Crippen molar-refractivity contribution in [1.29, 1.82) is 0 Å². The summed E-state index contributed by atoms with van der Waals surface area (Å²) in [5.41, 5.74) is 1.93. The first-order valence-corrected chi connectivity index (χ1v) is 12.1. The number of nitrogens with zero attached hydrogens (tertiary/aromatic N) is 1. The largest absolute Gasteiger partial charge is 0.482 e. The highest BCUT2D eigenvalue weighted by Gasteiger charge is 2.25. The van der Waals surface area contributed by atoms with Crippen molar-refractivity contribution in [2.24, 2.45) is 5.92 Å². The number of carbonyl (C=O) groups is 2. The summed E-state index contributed by atoms with van der Waals surface area (Å²) in [6.07, 6.45) is 5.71. The van der Waals surface area contributed by atoms with Gasteiger partial charge in [0.1, 0.15) is 11.6 Å². The van der Waals surface area contributed by atoms with Gasteiger partial charge < -0.3 is 20.1 Å². The Hall–Kier alpha value is -2.80. The van der Waals surface area contributed by atoms with Gasteiger partial charge in [0.2, 0.25) is 5.91 Å². The van der Waals surface area contributed by atoms with Crippen LogP contribution in [0.15, 0.2) is 36.4 Å². The van der Waals surface area contributed by atoms with E-state index in [-0.39, 0.29) is 17.4 Å². The lowest BCUT2D eigenvalue weighted by Gasteiger charge is -2.38. The van der Waals surface area contributed by atoms with Crippen LogP contribution in [-0.2, 0) is 16.0 Å². The number of halogens is 2. The van der Waals surface area contributed by atoms with E-state index in [1.54, 1.807) is 18.2 Å². The highest BCUT2D eigenvalue weighted by Crippen LogP contribution is 2.36. The number of hydrogen-bond donors (Lipinski definition) is 2. The van der Waals surface area contributed by atoms with Crippen molar-refractivity contribution in [3.63, 3.8) is 0 Å². The molecule has 1 saturated carbocycles. The van der Waals surface area contributed by atoms with Crippen molar-refractivity contribution >= 4 is 34.9 Å². The molecule has 0 aliphatic heterocycles. The maximum absolute atomic E-state index is 13.8. The molecule has 2 aromatic rings. The van der Waals surface area contributed by atoms with Gasteiger partial charge in [-0.1, -0.05) is 50.8 Å². The van der Waals surface area contributed by atoms with Crippen LogP contribution in [0, 0.1) is 11.7 Å². The average molecular weight is 491 g/mol. The second-order valence-corrected chi connectivity index (χ2v) is 9.58. The van der Waals surface area contributed by atoms with Gasteiger partial charge >= 0.3 is 5.97 Å². The average Bonchev–Trinajstić information content (AvgIpc) is 2.79. The van der Waals surface area contributed by atoms with Gasteiger partial charge in [0.25, 0.3) is 0 Å². The molecule has 0 unspecified atom stereocenters. The molecule has 0 bridgehead atoms. The molecule has 2 aromatic carbocycles. The zero-order valence-electron chi connectivity index (χ0n) is 19.7. The Bertz CT molecular complexity index is 1010. The van der Waals surface area contributed by atoms with Gasteiger partial charge in [-0.15, -0.1) is 0 Å². The topological polar surface area (TPSA) is 78.9 Å². The van der Waals surface area contributed by atoms with E-state index in [4.69, 9.17) is 21.4 Å². The molecule has 2 N–H and O–H groups in total. The molecule has 6 nitrogen and oxygen atoms in total. The van der Waals surface area contributed by atoms with Crippen molar-refractivity contribution in [3.05, 3.63) is 52.8 Å². The van der Waals surface area contributed by atoms with Crippen LogP contribution in [0.4, 0.5) is 15.8 Å². The van der Waals surface area contributed by atoms with Crippen LogP contribution in [0.3, 0.4) is 0 Å². The number of nitrogens with one attached hydrogen (secondary N) is 1. The van der Waals surface area contributed by atoms with Gasteiger partial charge in [0, 0.05) is 18.7 Å². The van der Waals surface area contributed by atoms with Crippen LogP contribution in [0.1, 0.15) is 51.5 Å². The number of aliphatic carboxylic acids is 1. The highest BCUT2D eigenvalue weighted by atomic mass is 35.5. The summed E-state index contributed by atoms with van der Waals surface area (Å²) in [6.45, 7) is 4.67. The Kier molecular flexibility index (Phi) is 9.16. The molecule has 184 valence electrons. The minimum absolute atomic E-state index is 0.00605. The van der Waals surface area contributed by atoms with E-state index >= 15 is 0 Å². The molecular formula is C26H32ClFN2O4. The number of carboxylic acids is 1. The summed E-state index contributed by atoms with van der Waals surface area (Å²) in [4.78, 5) is 26.2. The van der Waals surface area contributed by atoms with Crippen LogP contribution >= 0.6 is 11.6 Å². The minimum Gasteiger partial charge on any atom is -0.482 e. The van der Waals surface area contributed by atoms with E-state index in [0.717, 1.165) is 25.1 Å². The summed E-state index contributed by atoms with van der Waals surface area (Å²) < 4.78 is 19.2. The first kappa shape index (κ1) is 25.8. The molecule has 1 fully saturated rings. The van der Waals surface area contributed by atoms with Gasteiger partial charge in [-0.2, -0.15) is 0 Å². The molecule has 0 atom stereocenters. The van der Waals surface area contributed by atoms with Gasteiger partial charge in [0.05, 0.1) is 22.8 Å². The second kappa shape index (κ2) is 12.1. The van der Waals surface area contributed by atoms with Gasteiger partial charge in [-0.05, 0) is 48.6 Å². The Morgan fingerprint density at radius 3 is 2.56 bits per heavy atom. The van der Waals surface area contributed by atoms with Crippen LogP contribution in [-0.4, -0.2) is 36.2 Å². The third kappa shape index (κ3) is 7.35. The molecule has 34 heavy (non-hydrogen) atoms. The number of hydrogen-bond acceptors (Lipinski definition) is 4. The fourth-order valence-electron chi connectivity index (χ4n) is 4.36. The first-order chi connectivity index (χ1) is 16.2. The number of carboxylic acid groups (broad SMARTS) is 1. The fraction of sp³-hybridized carbons (Fsp3) is 0.462. The van der Waals surface area contributed by atoms with Crippen LogP contribution in [0.2, 0.25) is 5.02 Å². The highest BCUT2D eigenvalue weighted by molar-refractivity contribution is 6.30. The van der Waals surface area contributed by atoms with E-state index in [1.807, 2.05) is 6.07 Å². The summed E-state index contributed by atoms with van der Waals surface area (Å²) in [5, 5.41) is 11.9. The third-order valence-electron chi connectivity index (χ3n) is 5.84. The standard InChI is InChI=1S/C26H32ClFN2O4/c1-17(2)15-30(19-6-4-3-5-7-19)24-11-9-20(34-16-26(32)33)14-23(24)29-25(31)13-18-8-10-21(27)22(28)12-18/h8-12,14,17,19H,3-7,13,15-16H2,1-2H3,(H,29,31)(H,32,33). The Morgan fingerprint density at radius 1 is 1.18 bits per heavy atom. The zero-order chi connectivity index (χ0) is 24.7. The Balaban J connectivity index is 1.89. The normalized spacial score (nSPS) is 14.1. The Labute approximate surface area is 205 Å². The van der Waals surface area contributed by atoms with Gasteiger partial charge in [0.15, 0.2) is 6.61 Å². The molecule has 3 rings (SSSR count). The smallest absolute Gasteiger partial charge is 0.341 e. The van der Waals surface area contributed by atoms with Crippen LogP contribution < -0.4 is 15.0 Å². The van der Waals surface area contributed by atoms with E-state index in [2.05, 4.69) is 24.1 Å². The summed E-state index contributed by atoms with van der Waals surface area (Å²) in [6, 6.07) is 9.94. The van der Waals surface area contributed by atoms with E-state index < -0.39 is 18.4 Å². The van der Waals surface area contributed by atoms with Crippen molar-refractivity contribution in [2.45, 2.75) is 58.4 Å². The maximum atomic E-state index is 13.8. The van der Waals surface area contributed by atoms with Crippen molar-refractivity contribution in [2.75, 3.05) is 23.4 Å². The molecule has 0 aromatic heterocycles. The van der Waals surface area contributed by atoms with E-state index in [1.165, 1.54) is 31.4 Å². The monoisotopic (exact) mass is 490 g/mol. The number of amides is 1. The van der Waals surface area contributed by atoms with Crippen LogP contribution in [0.5, 0.6) is 5.75 Å². The third-order valence-corrected chi connectivity index (χ3v) is 6.15. The summed E-state index contributed by atoms with van der Waals surface area (Å²) >= 11 is 5.75. The number of rotatable bonds is 10. The maximum Gasteiger partial charge on any atom is 0.341 e. The number of ether oxygens (including phenoxy) is 1. The minimum atomic E-state index is -1.08. The lowest BCUT2D eigenvalue weighted by Crippen LogP contribution is -2.40. The van der Waals surface area contributed by atoms with E-state index in [9.17, 15) is 14.0 Å². The SMILES string of the molecule is CC(C)CN(c1ccc(OCC(=O)O)cc1NC(=O)Cc1ccc(Cl)c(F)c1)C1CCCCC1. The predicted molar refractivity (Wildman–Crippen MR) is 132 cm³/mol. The van der Waals surface area contributed by atoms with Gasteiger partial charge in [-0.3, -0.25) is 4.79 Å².